The van der Waals surface area contributed by atoms with E-state index in [0.29, 0.717) is 11.8 Å². The fourth-order valence-corrected chi connectivity index (χ4v) is 6.15. The summed E-state index contributed by atoms with van der Waals surface area (Å²) < 4.78 is 38.2. The molecule has 3 rings (SSSR count). The van der Waals surface area contributed by atoms with E-state index in [0.717, 1.165) is 19.3 Å². The molecule has 1 aliphatic carbocycles. The van der Waals surface area contributed by atoms with Crippen molar-refractivity contribution in [1.82, 2.24) is 9.62 Å². The summed E-state index contributed by atoms with van der Waals surface area (Å²) in [4.78, 5) is 24.8. The fourth-order valence-electron chi connectivity index (χ4n) is 4.51. The van der Waals surface area contributed by atoms with Crippen LogP contribution in [0.1, 0.15) is 57.3 Å². The molecule has 1 N–H and O–H groups in total. The highest BCUT2D eigenvalue weighted by Crippen LogP contribution is 2.29. The largest absolute Gasteiger partial charge is 0.452 e. The minimum absolute atomic E-state index is 0.0164. The van der Waals surface area contributed by atoms with E-state index in [9.17, 15) is 18.0 Å². The number of carbonyl (C=O) groups excluding carboxylic acids is 2. The molecule has 5 atom stereocenters. The van der Waals surface area contributed by atoms with Crippen molar-refractivity contribution in [1.29, 1.82) is 0 Å². The molecule has 8 nitrogen and oxygen atoms in total. The van der Waals surface area contributed by atoms with E-state index >= 15 is 0 Å². The third-order valence-electron chi connectivity index (χ3n) is 6.48. The lowest BCUT2D eigenvalue weighted by Gasteiger charge is -2.34. The lowest BCUT2D eigenvalue weighted by Crippen LogP contribution is -2.48. The summed E-state index contributed by atoms with van der Waals surface area (Å²) in [6, 6.07) is 5.81. The van der Waals surface area contributed by atoms with Crippen molar-refractivity contribution < 1.29 is 27.5 Å². The zero-order valence-electron chi connectivity index (χ0n) is 19.2. The topological polar surface area (TPSA) is 102 Å². The highest BCUT2D eigenvalue weighted by molar-refractivity contribution is 7.89. The molecule has 0 bridgehead atoms. The third kappa shape index (κ3) is 5.88. The molecule has 178 valence electrons. The van der Waals surface area contributed by atoms with Gasteiger partial charge in [0.25, 0.3) is 5.91 Å². The molecule has 0 aromatic heterocycles. The standard InChI is InChI=1S/C23H34N2O6S/c1-15-7-5-10-21(18(15)4)24-22(26)14-30-23(27)19-8-6-9-20(11-19)32(28,29)25-12-16(2)31-17(3)13-25/h6,8-9,11,15-18,21H,5,7,10,12-14H2,1-4H3,(H,24,26)/t15-,16+,17+,18+,21+/m0/s1. The second kappa shape index (κ2) is 10.3. The summed E-state index contributed by atoms with van der Waals surface area (Å²) in [7, 11) is -3.78. The van der Waals surface area contributed by atoms with E-state index in [1.54, 1.807) is 0 Å². The maximum Gasteiger partial charge on any atom is 0.338 e. The zero-order chi connectivity index (χ0) is 23.5. The van der Waals surface area contributed by atoms with Crippen LogP contribution in [-0.2, 0) is 24.3 Å². The Hall–Kier alpha value is -1.97. The molecule has 0 unspecified atom stereocenters. The zero-order valence-corrected chi connectivity index (χ0v) is 20.1. The number of esters is 1. The summed E-state index contributed by atoms with van der Waals surface area (Å²) in [5.74, 6) is -0.162. The molecule has 2 fully saturated rings. The molecule has 1 aliphatic heterocycles. The van der Waals surface area contributed by atoms with Gasteiger partial charge >= 0.3 is 5.97 Å². The van der Waals surface area contributed by atoms with Crippen molar-refractivity contribution >= 4 is 21.9 Å². The molecular weight excluding hydrogens is 432 g/mol. The average molecular weight is 467 g/mol. The van der Waals surface area contributed by atoms with E-state index in [1.165, 1.54) is 28.6 Å². The van der Waals surface area contributed by atoms with Crippen molar-refractivity contribution in [2.45, 2.75) is 70.1 Å². The van der Waals surface area contributed by atoms with Crippen LogP contribution in [0, 0.1) is 11.8 Å². The Labute approximate surface area is 190 Å². The van der Waals surface area contributed by atoms with Crippen LogP contribution < -0.4 is 5.32 Å². The molecule has 1 saturated heterocycles. The molecule has 1 aromatic rings. The molecule has 0 radical (unpaired) electrons. The van der Waals surface area contributed by atoms with Gasteiger partial charge in [0.2, 0.25) is 10.0 Å². The van der Waals surface area contributed by atoms with E-state index < -0.39 is 22.6 Å². The van der Waals surface area contributed by atoms with Crippen LogP contribution in [0.4, 0.5) is 0 Å². The first-order valence-corrected chi connectivity index (χ1v) is 12.7. The van der Waals surface area contributed by atoms with Crippen molar-refractivity contribution in [3.63, 3.8) is 0 Å². The Morgan fingerprint density at radius 1 is 1.12 bits per heavy atom. The summed E-state index contributed by atoms with van der Waals surface area (Å²) in [5, 5.41) is 2.96. The SMILES string of the molecule is C[C@@H]1[C@@H](C)CCC[C@H]1NC(=O)COC(=O)c1cccc(S(=O)(=O)N2C[C@@H](C)O[C@H](C)C2)c1. The summed E-state index contributed by atoms with van der Waals surface area (Å²) >= 11 is 0. The first-order valence-electron chi connectivity index (χ1n) is 11.3. The predicted octanol–water partition coefficient (Wildman–Crippen LogP) is 2.58. The smallest absolute Gasteiger partial charge is 0.338 e. The molecular formula is C23H34N2O6S. The van der Waals surface area contributed by atoms with Crippen LogP contribution in [0.2, 0.25) is 0 Å². The first-order chi connectivity index (χ1) is 15.1. The van der Waals surface area contributed by atoms with Crippen molar-refractivity contribution in [3.8, 4) is 0 Å². The summed E-state index contributed by atoms with van der Waals surface area (Å²) in [6.07, 6.45) is 2.72. The Bertz CT molecular complexity index is 924. The maximum absolute atomic E-state index is 13.1. The van der Waals surface area contributed by atoms with E-state index in [2.05, 4.69) is 19.2 Å². The number of morpholine rings is 1. The molecule has 1 amide bonds. The van der Waals surface area contributed by atoms with Gasteiger partial charge in [-0.25, -0.2) is 13.2 Å². The Morgan fingerprint density at radius 3 is 2.50 bits per heavy atom. The van der Waals surface area contributed by atoms with E-state index in [1.807, 2.05) is 13.8 Å². The van der Waals surface area contributed by atoms with E-state index in [4.69, 9.17) is 9.47 Å². The van der Waals surface area contributed by atoms with Gasteiger partial charge in [-0.3, -0.25) is 4.79 Å². The highest BCUT2D eigenvalue weighted by atomic mass is 32.2. The normalized spacial score (nSPS) is 29.3. The minimum atomic E-state index is -3.78. The van der Waals surface area contributed by atoms with Crippen LogP contribution in [0.5, 0.6) is 0 Å². The number of benzene rings is 1. The van der Waals surface area contributed by atoms with Gasteiger partial charge < -0.3 is 14.8 Å². The lowest BCUT2D eigenvalue weighted by atomic mass is 9.78. The van der Waals surface area contributed by atoms with Crippen LogP contribution in [-0.4, -0.2) is 62.5 Å². The third-order valence-corrected chi connectivity index (χ3v) is 8.31. The van der Waals surface area contributed by atoms with Gasteiger partial charge in [0.1, 0.15) is 0 Å². The molecule has 1 aromatic carbocycles. The monoisotopic (exact) mass is 466 g/mol. The van der Waals surface area contributed by atoms with Crippen LogP contribution in [0.25, 0.3) is 0 Å². The molecule has 1 heterocycles. The quantitative estimate of drug-likeness (QED) is 0.647. The van der Waals surface area contributed by atoms with Gasteiger partial charge in [-0.2, -0.15) is 4.31 Å². The number of amides is 1. The Morgan fingerprint density at radius 2 is 1.81 bits per heavy atom. The second-order valence-corrected chi connectivity index (χ2v) is 11.1. The number of hydrogen-bond acceptors (Lipinski definition) is 6. The van der Waals surface area contributed by atoms with Crippen LogP contribution in [0.15, 0.2) is 29.2 Å². The number of sulfonamides is 1. The molecule has 9 heteroatoms. The summed E-state index contributed by atoms with van der Waals surface area (Å²) in [6.45, 7) is 8.06. The van der Waals surface area contributed by atoms with Crippen LogP contribution in [0.3, 0.4) is 0 Å². The number of hydrogen-bond donors (Lipinski definition) is 1. The molecule has 32 heavy (non-hydrogen) atoms. The minimum Gasteiger partial charge on any atom is -0.452 e. The highest BCUT2D eigenvalue weighted by Gasteiger charge is 2.33. The molecule has 0 spiro atoms. The van der Waals surface area contributed by atoms with E-state index in [-0.39, 0.29) is 47.7 Å². The number of rotatable bonds is 6. The summed E-state index contributed by atoms with van der Waals surface area (Å²) in [5.41, 5.74) is 0.0906. The average Bonchev–Trinajstić information content (AvgIpc) is 2.74. The van der Waals surface area contributed by atoms with Crippen LogP contribution >= 0.6 is 0 Å². The van der Waals surface area contributed by atoms with Gasteiger partial charge in [0.05, 0.1) is 22.7 Å². The predicted molar refractivity (Wildman–Crippen MR) is 120 cm³/mol. The lowest BCUT2D eigenvalue weighted by molar-refractivity contribution is -0.125. The number of ether oxygens (including phenoxy) is 2. The van der Waals surface area contributed by atoms with Crippen molar-refractivity contribution in [2.24, 2.45) is 11.8 Å². The molecule has 2 aliphatic rings. The Kier molecular flexibility index (Phi) is 7.95. The Balaban J connectivity index is 1.61. The fraction of sp³-hybridized carbons (Fsp3) is 0.652. The first kappa shape index (κ1) is 24.7. The van der Waals surface area contributed by atoms with Gasteiger partial charge in [-0.1, -0.05) is 32.8 Å². The number of nitrogens with zero attached hydrogens (tertiary/aromatic N) is 1. The van der Waals surface area contributed by atoms with Gasteiger partial charge in [-0.05, 0) is 50.3 Å². The van der Waals surface area contributed by atoms with Crippen molar-refractivity contribution in [3.05, 3.63) is 29.8 Å². The second-order valence-electron chi connectivity index (χ2n) is 9.12. The van der Waals surface area contributed by atoms with Gasteiger partial charge in [0, 0.05) is 19.1 Å². The maximum atomic E-state index is 13.1. The number of carbonyl (C=O) groups is 2. The molecule has 1 saturated carbocycles. The van der Waals surface area contributed by atoms with Gasteiger partial charge in [0.15, 0.2) is 6.61 Å². The van der Waals surface area contributed by atoms with Crippen molar-refractivity contribution in [2.75, 3.05) is 19.7 Å². The number of nitrogens with one attached hydrogen (secondary N) is 1. The van der Waals surface area contributed by atoms with Gasteiger partial charge in [-0.15, -0.1) is 0 Å².